The second kappa shape index (κ2) is 5.81. The predicted octanol–water partition coefficient (Wildman–Crippen LogP) is 4.04. The van der Waals surface area contributed by atoms with Gasteiger partial charge in [0.2, 0.25) is 0 Å². The Morgan fingerprint density at radius 2 is 1.83 bits per heavy atom. The third kappa shape index (κ3) is 3.09. The van der Waals surface area contributed by atoms with E-state index >= 15 is 0 Å². The van der Waals surface area contributed by atoms with Crippen molar-refractivity contribution >= 4 is 34.9 Å². The highest BCUT2D eigenvalue weighted by atomic mass is 35.5. The zero-order valence-electron chi connectivity index (χ0n) is 10.6. The number of rotatable bonds is 4. The molecule has 0 radical (unpaired) electrons. The number of halogens is 2. The average Bonchev–Trinajstić information content (AvgIpc) is 2.24. The number of nitrogens with two attached hydrogens (primary N) is 1. The maximum atomic E-state index is 11.5. The molecule has 0 saturated carbocycles. The summed E-state index contributed by atoms with van der Waals surface area (Å²) < 4.78 is 0. The van der Waals surface area contributed by atoms with E-state index in [-0.39, 0.29) is 11.8 Å². The summed E-state index contributed by atoms with van der Waals surface area (Å²) in [6, 6.07) is 3.10. The summed E-state index contributed by atoms with van der Waals surface area (Å²) in [7, 11) is 0. The van der Waals surface area contributed by atoms with Crippen LogP contribution in [0.5, 0.6) is 0 Å². The van der Waals surface area contributed by atoms with Gasteiger partial charge in [-0.25, -0.2) is 0 Å². The van der Waals surface area contributed by atoms with Crippen molar-refractivity contribution in [1.29, 1.82) is 0 Å². The fourth-order valence-corrected chi connectivity index (χ4v) is 2.40. The van der Waals surface area contributed by atoms with Crippen molar-refractivity contribution in [2.45, 2.75) is 26.7 Å². The van der Waals surface area contributed by atoms with Crippen LogP contribution in [0.3, 0.4) is 0 Å². The summed E-state index contributed by atoms with van der Waals surface area (Å²) in [5.74, 6) is -1.48. The molecule has 0 saturated heterocycles. The van der Waals surface area contributed by atoms with Gasteiger partial charge in [-0.1, -0.05) is 44.0 Å². The Labute approximate surface area is 117 Å². The van der Waals surface area contributed by atoms with Crippen LogP contribution in [0.15, 0.2) is 12.1 Å². The quantitative estimate of drug-likeness (QED) is 0.823. The minimum atomic E-state index is -0.916. The van der Waals surface area contributed by atoms with Gasteiger partial charge in [-0.2, -0.15) is 0 Å². The Balaban J connectivity index is 3.35. The molecule has 0 spiro atoms. The first-order valence-electron chi connectivity index (χ1n) is 5.73. The molecule has 0 aliphatic carbocycles. The minimum absolute atomic E-state index is 0.0701. The smallest absolute Gasteiger partial charge is 0.311 e. The number of hydrogen-bond acceptors (Lipinski definition) is 2. The summed E-state index contributed by atoms with van der Waals surface area (Å²) >= 11 is 11.9. The fraction of sp³-hybridized carbons (Fsp3) is 0.462. The zero-order valence-corrected chi connectivity index (χ0v) is 12.1. The normalized spacial score (nSPS) is 14.6. The topological polar surface area (TPSA) is 63.3 Å². The van der Waals surface area contributed by atoms with Crippen LogP contribution in [-0.4, -0.2) is 11.1 Å². The number of carbonyl (C=O) groups is 1. The van der Waals surface area contributed by atoms with E-state index in [4.69, 9.17) is 28.9 Å². The SMILES string of the molecule is CC(C)C(C)C(C(=O)O)c1cc(Cl)cc(Cl)c1N. The lowest BCUT2D eigenvalue weighted by Gasteiger charge is -2.25. The van der Waals surface area contributed by atoms with Gasteiger partial charge in [0.05, 0.1) is 16.6 Å². The molecule has 2 unspecified atom stereocenters. The summed E-state index contributed by atoms with van der Waals surface area (Å²) in [5.41, 5.74) is 6.65. The Morgan fingerprint density at radius 3 is 2.28 bits per heavy atom. The molecule has 0 heterocycles. The van der Waals surface area contributed by atoms with E-state index in [1.165, 1.54) is 6.07 Å². The summed E-state index contributed by atoms with van der Waals surface area (Å²) in [4.78, 5) is 11.5. The van der Waals surface area contributed by atoms with Crippen LogP contribution < -0.4 is 5.73 Å². The molecular formula is C13H17Cl2NO2. The first kappa shape index (κ1) is 15.1. The van der Waals surface area contributed by atoms with Crippen molar-refractivity contribution in [1.82, 2.24) is 0 Å². The van der Waals surface area contributed by atoms with E-state index in [9.17, 15) is 9.90 Å². The van der Waals surface area contributed by atoms with E-state index in [0.717, 1.165) is 0 Å². The molecule has 3 N–H and O–H groups in total. The van der Waals surface area contributed by atoms with Crippen LogP contribution in [0, 0.1) is 11.8 Å². The number of benzene rings is 1. The fourth-order valence-electron chi connectivity index (χ4n) is 1.89. The Bertz CT molecular complexity index is 461. The van der Waals surface area contributed by atoms with Crippen LogP contribution in [0.4, 0.5) is 5.69 Å². The maximum Gasteiger partial charge on any atom is 0.311 e. The summed E-state index contributed by atoms with van der Waals surface area (Å²) in [6.07, 6.45) is 0. The van der Waals surface area contributed by atoms with Crippen LogP contribution in [0.2, 0.25) is 10.0 Å². The molecule has 0 amide bonds. The number of carboxylic acid groups (broad SMARTS) is 1. The Kier molecular flexibility index (Phi) is 4.88. The number of carboxylic acids is 1. The van der Waals surface area contributed by atoms with E-state index in [2.05, 4.69) is 0 Å². The Morgan fingerprint density at radius 1 is 1.28 bits per heavy atom. The van der Waals surface area contributed by atoms with Gasteiger partial charge in [0.1, 0.15) is 0 Å². The van der Waals surface area contributed by atoms with Gasteiger partial charge in [-0.15, -0.1) is 0 Å². The van der Waals surface area contributed by atoms with Crippen molar-refractivity contribution in [3.63, 3.8) is 0 Å². The molecule has 0 aliphatic heterocycles. The molecule has 0 aromatic heterocycles. The maximum absolute atomic E-state index is 11.5. The van der Waals surface area contributed by atoms with Gasteiger partial charge in [-0.05, 0) is 29.5 Å². The lowest BCUT2D eigenvalue weighted by Crippen LogP contribution is -2.24. The molecule has 2 atom stereocenters. The standard InChI is InChI=1S/C13H17Cl2NO2/c1-6(2)7(3)11(13(17)18)9-4-8(14)5-10(15)12(9)16/h4-7,11H,16H2,1-3H3,(H,17,18). The van der Waals surface area contributed by atoms with Gasteiger partial charge in [-0.3, -0.25) is 4.79 Å². The lowest BCUT2D eigenvalue weighted by molar-refractivity contribution is -0.140. The van der Waals surface area contributed by atoms with Gasteiger partial charge >= 0.3 is 5.97 Å². The van der Waals surface area contributed by atoms with E-state index in [0.29, 0.717) is 21.3 Å². The van der Waals surface area contributed by atoms with Crippen molar-refractivity contribution in [2.24, 2.45) is 11.8 Å². The zero-order chi connectivity index (χ0) is 14.0. The number of aliphatic carboxylic acids is 1. The highest BCUT2D eigenvalue weighted by Gasteiger charge is 2.31. The second-order valence-corrected chi connectivity index (χ2v) is 5.65. The molecule has 100 valence electrons. The van der Waals surface area contributed by atoms with Gasteiger partial charge in [0, 0.05) is 5.02 Å². The molecule has 5 heteroatoms. The second-order valence-electron chi connectivity index (χ2n) is 4.81. The molecule has 18 heavy (non-hydrogen) atoms. The van der Waals surface area contributed by atoms with E-state index in [1.54, 1.807) is 6.07 Å². The molecule has 0 fully saturated rings. The van der Waals surface area contributed by atoms with Crippen molar-refractivity contribution in [3.8, 4) is 0 Å². The highest BCUT2D eigenvalue weighted by Crippen LogP contribution is 2.38. The number of anilines is 1. The first-order valence-corrected chi connectivity index (χ1v) is 6.48. The lowest BCUT2D eigenvalue weighted by atomic mass is 9.80. The van der Waals surface area contributed by atoms with Crippen LogP contribution in [-0.2, 0) is 4.79 Å². The molecule has 0 aliphatic rings. The monoisotopic (exact) mass is 289 g/mol. The van der Waals surface area contributed by atoms with E-state index in [1.807, 2.05) is 20.8 Å². The molecule has 3 nitrogen and oxygen atoms in total. The van der Waals surface area contributed by atoms with Gasteiger partial charge in [0.15, 0.2) is 0 Å². The van der Waals surface area contributed by atoms with Crippen molar-refractivity contribution < 1.29 is 9.90 Å². The number of nitrogen functional groups attached to an aromatic ring is 1. The van der Waals surface area contributed by atoms with Crippen molar-refractivity contribution in [2.75, 3.05) is 5.73 Å². The highest BCUT2D eigenvalue weighted by molar-refractivity contribution is 6.36. The van der Waals surface area contributed by atoms with Crippen LogP contribution in [0.1, 0.15) is 32.3 Å². The molecule has 0 bridgehead atoms. The summed E-state index contributed by atoms with van der Waals surface area (Å²) in [5, 5.41) is 10.1. The van der Waals surface area contributed by atoms with Crippen LogP contribution >= 0.6 is 23.2 Å². The van der Waals surface area contributed by atoms with Crippen molar-refractivity contribution in [3.05, 3.63) is 27.7 Å². The number of hydrogen-bond donors (Lipinski definition) is 2. The van der Waals surface area contributed by atoms with Gasteiger partial charge in [0.25, 0.3) is 0 Å². The van der Waals surface area contributed by atoms with Gasteiger partial charge < -0.3 is 10.8 Å². The molecule has 1 rings (SSSR count). The summed E-state index contributed by atoms with van der Waals surface area (Å²) in [6.45, 7) is 5.84. The third-order valence-corrected chi connectivity index (χ3v) is 3.84. The minimum Gasteiger partial charge on any atom is -0.481 e. The Hall–Kier alpha value is -0.930. The molecule has 1 aromatic rings. The van der Waals surface area contributed by atoms with E-state index < -0.39 is 11.9 Å². The largest absolute Gasteiger partial charge is 0.481 e. The first-order chi connectivity index (χ1) is 8.25. The average molecular weight is 290 g/mol. The predicted molar refractivity (Wildman–Crippen MR) is 75.3 cm³/mol. The third-order valence-electron chi connectivity index (χ3n) is 3.30. The van der Waals surface area contributed by atoms with Crippen LogP contribution in [0.25, 0.3) is 0 Å². The molecule has 1 aromatic carbocycles. The molecular weight excluding hydrogens is 273 g/mol.